The molecule has 0 aromatic carbocycles. The Morgan fingerprint density at radius 2 is 2.33 bits per heavy atom. The van der Waals surface area contributed by atoms with Gasteiger partial charge in [-0.2, -0.15) is 5.10 Å². The Labute approximate surface area is 146 Å². The number of hydrogen-bond acceptors (Lipinski definition) is 5. The molecule has 1 aliphatic heterocycles. The molecular formula is C16H21ClN6O. The summed E-state index contributed by atoms with van der Waals surface area (Å²) in [5.74, 6) is 0.455. The van der Waals surface area contributed by atoms with Crippen LogP contribution in [0.4, 0.5) is 5.82 Å². The van der Waals surface area contributed by atoms with Crippen LogP contribution in [0, 0.1) is 0 Å². The van der Waals surface area contributed by atoms with Crippen molar-refractivity contribution in [2.75, 3.05) is 11.9 Å². The third kappa shape index (κ3) is 4.10. The first kappa shape index (κ1) is 16.9. The summed E-state index contributed by atoms with van der Waals surface area (Å²) in [6.07, 6.45) is 8.10. The monoisotopic (exact) mass is 348 g/mol. The second-order valence-corrected chi connectivity index (χ2v) is 6.47. The number of carbonyl (C=O) groups excluding carboxylic acids is 1. The highest BCUT2D eigenvalue weighted by Crippen LogP contribution is 2.21. The summed E-state index contributed by atoms with van der Waals surface area (Å²) in [6.45, 7) is 3.59. The Bertz CT molecular complexity index is 660. The quantitative estimate of drug-likeness (QED) is 0.896. The second kappa shape index (κ2) is 7.72. The molecule has 0 radical (unpaired) electrons. The molecular weight excluding hydrogens is 328 g/mol. The third-order valence-corrected chi connectivity index (χ3v) is 4.62. The number of halogens is 1. The molecule has 1 saturated heterocycles. The first-order chi connectivity index (χ1) is 11.6. The number of aromatic nitrogens is 4. The smallest absolute Gasteiger partial charge is 0.242 e. The van der Waals surface area contributed by atoms with Crippen molar-refractivity contribution in [3.05, 3.63) is 36.0 Å². The first-order valence-corrected chi connectivity index (χ1v) is 8.52. The van der Waals surface area contributed by atoms with Gasteiger partial charge in [-0.3, -0.25) is 14.4 Å². The van der Waals surface area contributed by atoms with Crippen molar-refractivity contribution in [1.29, 1.82) is 0 Å². The lowest BCUT2D eigenvalue weighted by Crippen LogP contribution is -2.51. The van der Waals surface area contributed by atoms with Crippen LogP contribution in [-0.2, 0) is 11.3 Å². The zero-order valence-electron chi connectivity index (χ0n) is 13.6. The second-order valence-electron chi connectivity index (χ2n) is 6.03. The molecule has 7 nitrogen and oxygen atoms in total. The van der Waals surface area contributed by atoms with Crippen LogP contribution >= 0.6 is 11.6 Å². The summed E-state index contributed by atoms with van der Waals surface area (Å²) in [6, 6.07) is 3.45. The van der Waals surface area contributed by atoms with Gasteiger partial charge in [0.2, 0.25) is 5.91 Å². The summed E-state index contributed by atoms with van der Waals surface area (Å²) in [5.41, 5.74) is 0. The number of carbonyl (C=O) groups is 1. The summed E-state index contributed by atoms with van der Waals surface area (Å²) < 4.78 is 1.83. The SMILES string of the molecule is C[C@@H](C(=O)Nc1ccc(Cl)cn1)N1CCCC[C@@H]1Cn1cncn1. The van der Waals surface area contributed by atoms with Crippen LogP contribution in [0.25, 0.3) is 0 Å². The van der Waals surface area contributed by atoms with Crippen molar-refractivity contribution in [3.8, 4) is 0 Å². The average Bonchev–Trinajstić information content (AvgIpc) is 3.10. The fraction of sp³-hybridized carbons (Fsp3) is 0.500. The van der Waals surface area contributed by atoms with E-state index in [0.29, 0.717) is 10.8 Å². The van der Waals surface area contributed by atoms with Crippen molar-refractivity contribution >= 4 is 23.3 Å². The number of hydrogen-bond donors (Lipinski definition) is 1. The third-order valence-electron chi connectivity index (χ3n) is 4.39. The standard InChI is InChI=1S/C16H21ClN6O/c1-12(16(24)21-15-6-5-13(17)8-19-15)23-7-3-2-4-14(23)9-22-11-18-10-20-22/h5-6,8,10-12,14H,2-4,7,9H2,1H3,(H,19,21,24)/t12-,14+/m0/s1. The van der Waals surface area contributed by atoms with Crippen LogP contribution in [0.2, 0.25) is 5.02 Å². The lowest BCUT2D eigenvalue weighted by atomic mass is 9.99. The Morgan fingerprint density at radius 3 is 3.04 bits per heavy atom. The van der Waals surface area contributed by atoms with Gasteiger partial charge in [-0.05, 0) is 38.4 Å². The van der Waals surface area contributed by atoms with E-state index in [0.717, 1.165) is 25.9 Å². The van der Waals surface area contributed by atoms with E-state index in [4.69, 9.17) is 11.6 Å². The predicted molar refractivity (Wildman–Crippen MR) is 91.7 cm³/mol. The molecule has 3 heterocycles. The maximum Gasteiger partial charge on any atom is 0.242 e. The summed E-state index contributed by atoms with van der Waals surface area (Å²) in [5, 5.41) is 7.59. The number of rotatable bonds is 5. The lowest BCUT2D eigenvalue weighted by Gasteiger charge is -2.39. The minimum atomic E-state index is -0.240. The summed E-state index contributed by atoms with van der Waals surface area (Å²) >= 11 is 5.82. The van der Waals surface area contributed by atoms with Crippen molar-refractivity contribution in [3.63, 3.8) is 0 Å². The Hall–Kier alpha value is -1.99. The van der Waals surface area contributed by atoms with Gasteiger partial charge in [-0.1, -0.05) is 18.0 Å². The normalized spacial score (nSPS) is 19.8. The Kier molecular flexibility index (Phi) is 5.42. The molecule has 3 rings (SSSR count). The first-order valence-electron chi connectivity index (χ1n) is 8.14. The van der Waals surface area contributed by atoms with Gasteiger partial charge in [0.15, 0.2) is 0 Å². The summed E-state index contributed by atoms with van der Waals surface area (Å²) in [7, 11) is 0. The van der Waals surface area contributed by atoms with E-state index < -0.39 is 0 Å². The molecule has 2 aromatic heterocycles. The molecule has 1 fully saturated rings. The number of anilines is 1. The van der Waals surface area contributed by atoms with Crippen molar-refractivity contribution < 1.29 is 4.79 Å². The highest BCUT2D eigenvalue weighted by molar-refractivity contribution is 6.30. The van der Waals surface area contributed by atoms with Crippen molar-refractivity contribution in [2.45, 2.75) is 44.8 Å². The van der Waals surface area contributed by atoms with Gasteiger partial charge in [0.25, 0.3) is 0 Å². The average molecular weight is 349 g/mol. The minimum Gasteiger partial charge on any atom is -0.309 e. The number of amides is 1. The van der Waals surface area contributed by atoms with Gasteiger partial charge in [-0.25, -0.2) is 9.97 Å². The molecule has 0 saturated carbocycles. The molecule has 0 unspecified atom stereocenters. The van der Waals surface area contributed by atoms with E-state index in [-0.39, 0.29) is 18.0 Å². The fourth-order valence-electron chi connectivity index (χ4n) is 3.10. The van der Waals surface area contributed by atoms with Gasteiger partial charge >= 0.3 is 0 Å². The fourth-order valence-corrected chi connectivity index (χ4v) is 3.21. The van der Waals surface area contributed by atoms with Gasteiger partial charge < -0.3 is 5.32 Å². The number of nitrogens with one attached hydrogen (secondary N) is 1. The molecule has 2 atom stereocenters. The molecule has 0 spiro atoms. The van der Waals surface area contributed by atoms with Crippen molar-refractivity contribution in [1.82, 2.24) is 24.6 Å². The topological polar surface area (TPSA) is 75.9 Å². The van der Waals surface area contributed by atoms with Crippen LogP contribution in [0.3, 0.4) is 0 Å². The highest BCUT2D eigenvalue weighted by atomic mass is 35.5. The molecule has 8 heteroatoms. The van der Waals surface area contributed by atoms with Gasteiger partial charge in [-0.15, -0.1) is 0 Å². The zero-order chi connectivity index (χ0) is 16.9. The van der Waals surface area contributed by atoms with Crippen molar-refractivity contribution in [2.24, 2.45) is 0 Å². The van der Waals surface area contributed by atoms with Crippen LogP contribution in [-0.4, -0.2) is 49.2 Å². The number of piperidine rings is 1. The van der Waals surface area contributed by atoms with Gasteiger partial charge in [0.1, 0.15) is 18.5 Å². The zero-order valence-corrected chi connectivity index (χ0v) is 14.4. The van der Waals surface area contributed by atoms with Gasteiger partial charge in [0.05, 0.1) is 17.6 Å². The van der Waals surface area contributed by atoms with Crippen LogP contribution in [0.1, 0.15) is 26.2 Å². The van der Waals surface area contributed by atoms with Crippen LogP contribution in [0.15, 0.2) is 31.0 Å². The molecule has 128 valence electrons. The molecule has 1 amide bonds. The van der Waals surface area contributed by atoms with E-state index in [1.54, 1.807) is 18.5 Å². The molecule has 24 heavy (non-hydrogen) atoms. The van der Waals surface area contributed by atoms with E-state index >= 15 is 0 Å². The molecule has 2 aromatic rings. The van der Waals surface area contributed by atoms with Crippen LogP contribution in [0.5, 0.6) is 0 Å². The highest BCUT2D eigenvalue weighted by Gasteiger charge is 2.30. The van der Waals surface area contributed by atoms with Gasteiger partial charge in [0, 0.05) is 12.2 Å². The lowest BCUT2D eigenvalue weighted by molar-refractivity contribution is -0.122. The maximum absolute atomic E-state index is 12.6. The number of nitrogens with zero attached hydrogens (tertiary/aromatic N) is 5. The summed E-state index contributed by atoms with van der Waals surface area (Å²) in [4.78, 5) is 22.9. The molecule has 1 N–H and O–H groups in total. The Balaban J connectivity index is 1.65. The van der Waals surface area contributed by atoms with E-state index in [1.165, 1.54) is 18.9 Å². The van der Waals surface area contributed by atoms with E-state index in [2.05, 4.69) is 25.3 Å². The minimum absolute atomic E-state index is 0.0599. The largest absolute Gasteiger partial charge is 0.309 e. The predicted octanol–water partition coefficient (Wildman–Crippen LogP) is 2.21. The van der Waals surface area contributed by atoms with E-state index in [1.807, 2.05) is 11.6 Å². The molecule has 0 aliphatic carbocycles. The number of pyridine rings is 1. The van der Waals surface area contributed by atoms with Crippen LogP contribution < -0.4 is 5.32 Å². The molecule has 1 aliphatic rings. The molecule has 0 bridgehead atoms. The van der Waals surface area contributed by atoms with E-state index in [9.17, 15) is 4.79 Å². The Morgan fingerprint density at radius 1 is 1.46 bits per heavy atom. The maximum atomic E-state index is 12.6. The number of likely N-dealkylation sites (tertiary alicyclic amines) is 1.